The molecule has 0 spiro atoms. The maximum absolute atomic E-state index is 11.8. The quantitative estimate of drug-likeness (QED) is 0.797. The second-order valence-corrected chi connectivity index (χ2v) is 4.08. The van der Waals surface area contributed by atoms with Crippen LogP contribution >= 0.6 is 0 Å². The van der Waals surface area contributed by atoms with Gasteiger partial charge in [0.15, 0.2) is 0 Å². The first-order valence-corrected chi connectivity index (χ1v) is 5.89. The van der Waals surface area contributed by atoms with Gasteiger partial charge in [0.2, 0.25) is 0 Å². The molecule has 0 unspecified atom stereocenters. The largest absolute Gasteiger partial charge is 0.457 e. The van der Waals surface area contributed by atoms with Crippen molar-refractivity contribution in [2.24, 2.45) is 0 Å². The molecule has 0 saturated carbocycles. The van der Waals surface area contributed by atoms with Gasteiger partial charge in [0.25, 0.3) is 0 Å². The monoisotopic (exact) mass is 262 g/mol. The number of benzene rings is 2. The first-order valence-electron chi connectivity index (χ1n) is 5.89. The van der Waals surface area contributed by atoms with Gasteiger partial charge in [0.05, 0.1) is 28.8 Å². The van der Waals surface area contributed by atoms with Crippen molar-refractivity contribution in [1.82, 2.24) is 0 Å². The molecule has 0 bridgehead atoms. The topological polar surface area (TPSA) is 73.9 Å². The molecular formula is C16H10N2O2. The number of hydrogen-bond donors (Lipinski definition) is 0. The van der Waals surface area contributed by atoms with Crippen LogP contribution in [-0.2, 0) is 11.3 Å². The van der Waals surface area contributed by atoms with Crippen molar-refractivity contribution in [2.75, 3.05) is 0 Å². The average Bonchev–Trinajstić information content (AvgIpc) is 2.53. The van der Waals surface area contributed by atoms with E-state index in [1.807, 2.05) is 12.1 Å². The summed E-state index contributed by atoms with van der Waals surface area (Å²) >= 11 is 0. The summed E-state index contributed by atoms with van der Waals surface area (Å²) < 4.78 is 5.16. The molecule has 2 aromatic rings. The lowest BCUT2D eigenvalue weighted by molar-refractivity contribution is 0.0472. The van der Waals surface area contributed by atoms with E-state index in [1.54, 1.807) is 42.5 Å². The zero-order chi connectivity index (χ0) is 14.4. The van der Waals surface area contributed by atoms with E-state index in [1.165, 1.54) is 6.07 Å². The molecule has 0 aliphatic heterocycles. The molecule has 0 aliphatic carbocycles. The zero-order valence-corrected chi connectivity index (χ0v) is 10.5. The van der Waals surface area contributed by atoms with Crippen LogP contribution in [0, 0.1) is 22.7 Å². The first-order chi connectivity index (χ1) is 9.72. The average molecular weight is 262 g/mol. The molecule has 0 saturated heterocycles. The SMILES string of the molecule is N#Cc1ccc(COC(=O)c2cccc(C#N)c2)cc1. The highest BCUT2D eigenvalue weighted by Gasteiger charge is 2.08. The number of carbonyl (C=O) groups excluding carboxylic acids is 1. The molecule has 0 N–H and O–H groups in total. The second kappa shape index (κ2) is 6.17. The van der Waals surface area contributed by atoms with Gasteiger partial charge in [-0.15, -0.1) is 0 Å². The number of esters is 1. The Morgan fingerprint density at radius 1 is 1.00 bits per heavy atom. The van der Waals surface area contributed by atoms with E-state index in [0.717, 1.165) is 5.56 Å². The third-order valence-electron chi connectivity index (χ3n) is 2.68. The number of carbonyl (C=O) groups is 1. The number of rotatable bonds is 3. The Kier molecular flexibility index (Phi) is 4.11. The van der Waals surface area contributed by atoms with Crippen LogP contribution in [0.2, 0.25) is 0 Å². The fourth-order valence-electron chi connectivity index (χ4n) is 1.62. The van der Waals surface area contributed by atoms with Crippen molar-refractivity contribution < 1.29 is 9.53 Å². The lowest BCUT2D eigenvalue weighted by atomic mass is 10.1. The highest BCUT2D eigenvalue weighted by Crippen LogP contribution is 2.09. The Morgan fingerprint density at radius 2 is 1.70 bits per heavy atom. The van der Waals surface area contributed by atoms with Crippen LogP contribution in [-0.4, -0.2) is 5.97 Å². The molecule has 0 amide bonds. The van der Waals surface area contributed by atoms with Crippen molar-refractivity contribution in [3.63, 3.8) is 0 Å². The molecule has 4 heteroatoms. The van der Waals surface area contributed by atoms with Gasteiger partial charge >= 0.3 is 5.97 Å². The molecule has 0 heterocycles. The van der Waals surface area contributed by atoms with Gasteiger partial charge in [-0.1, -0.05) is 18.2 Å². The summed E-state index contributed by atoms with van der Waals surface area (Å²) in [6.07, 6.45) is 0. The normalized spacial score (nSPS) is 9.30. The third kappa shape index (κ3) is 3.22. The van der Waals surface area contributed by atoms with Crippen LogP contribution in [0.4, 0.5) is 0 Å². The predicted molar refractivity (Wildman–Crippen MR) is 71.4 cm³/mol. The van der Waals surface area contributed by atoms with Crippen molar-refractivity contribution in [3.8, 4) is 12.1 Å². The van der Waals surface area contributed by atoms with Gasteiger partial charge in [0.1, 0.15) is 6.61 Å². The molecule has 0 atom stereocenters. The summed E-state index contributed by atoms with van der Waals surface area (Å²) in [5.74, 6) is -0.480. The lowest BCUT2D eigenvalue weighted by Crippen LogP contribution is -2.05. The third-order valence-corrected chi connectivity index (χ3v) is 2.68. The summed E-state index contributed by atoms with van der Waals surface area (Å²) in [6, 6.07) is 17.1. The van der Waals surface area contributed by atoms with Crippen molar-refractivity contribution >= 4 is 5.97 Å². The smallest absolute Gasteiger partial charge is 0.338 e. The lowest BCUT2D eigenvalue weighted by Gasteiger charge is -2.05. The molecule has 96 valence electrons. The maximum atomic E-state index is 11.8. The minimum Gasteiger partial charge on any atom is -0.457 e. The Balaban J connectivity index is 2.01. The Bertz CT molecular complexity index is 706. The van der Waals surface area contributed by atoms with Crippen molar-refractivity contribution in [2.45, 2.75) is 6.61 Å². The minimum absolute atomic E-state index is 0.126. The highest BCUT2D eigenvalue weighted by atomic mass is 16.5. The first kappa shape index (κ1) is 13.3. The predicted octanol–water partition coefficient (Wildman–Crippen LogP) is 2.79. The van der Waals surface area contributed by atoms with Gasteiger partial charge in [-0.2, -0.15) is 10.5 Å². The standard InChI is InChI=1S/C16H10N2O2/c17-9-12-4-6-13(7-5-12)11-20-16(19)15-3-1-2-14(8-15)10-18/h1-8H,11H2. The molecule has 0 aromatic heterocycles. The molecular weight excluding hydrogens is 252 g/mol. The van der Waals surface area contributed by atoms with E-state index >= 15 is 0 Å². The molecule has 2 rings (SSSR count). The Labute approximate surface area is 116 Å². The van der Waals surface area contributed by atoms with Crippen LogP contribution in [0.15, 0.2) is 48.5 Å². The number of ether oxygens (including phenoxy) is 1. The van der Waals surface area contributed by atoms with E-state index in [9.17, 15) is 4.79 Å². The summed E-state index contributed by atoms with van der Waals surface area (Å²) in [6.45, 7) is 0.126. The van der Waals surface area contributed by atoms with E-state index in [0.29, 0.717) is 16.7 Å². The Morgan fingerprint density at radius 3 is 2.35 bits per heavy atom. The van der Waals surface area contributed by atoms with Gasteiger partial charge in [-0.05, 0) is 35.9 Å². The number of hydrogen-bond acceptors (Lipinski definition) is 4. The fraction of sp³-hybridized carbons (Fsp3) is 0.0625. The number of nitrogens with zero attached hydrogens (tertiary/aromatic N) is 2. The van der Waals surface area contributed by atoms with E-state index < -0.39 is 5.97 Å². The second-order valence-electron chi connectivity index (χ2n) is 4.08. The van der Waals surface area contributed by atoms with Crippen molar-refractivity contribution in [1.29, 1.82) is 10.5 Å². The van der Waals surface area contributed by atoms with Crippen LogP contribution in [0.3, 0.4) is 0 Å². The van der Waals surface area contributed by atoms with Crippen molar-refractivity contribution in [3.05, 3.63) is 70.8 Å². The Hall–Kier alpha value is -3.11. The van der Waals surface area contributed by atoms with Crippen LogP contribution in [0.5, 0.6) is 0 Å². The van der Waals surface area contributed by atoms with Gasteiger partial charge in [0, 0.05) is 0 Å². The van der Waals surface area contributed by atoms with Gasteiger partial charge in [-0.25, -0.2) is 4.79 Å². The molecule has 0 aliphatic rings. The maximum Gasteiger partial charge on any atom is 0.338 e. The number of nitriles is 2. The molecule has 20 heavy (non-hydrogen) atoms. The summed E-state index contributed by atoms with van der Waals surface area (Å²) in [5, 5.41) is 17.5. The summed E-state index contributed by atoms with van der Waals surface area (Å²) in [4.78, 5) is 11.8. The van der Waals surface area contributed by atoms with E-state index in [2.05, 4.69) is 0 Å². The molecule has 4 nitrogen and oxygen atoms in total. The van der Waals surface area contributed by atoms with Gasteiger partial charge < -0.3 is 4.74 Å². The summed E-state index contributed by atoms with van der Waals surface area (Å²) in [5.41, 5.74) is 2.12. The fourth-order valence-corrected chi connectivity index (χ4v) is 1.62. The zero-order valence-electron chi connectivity index (χ0n) is 10.5. The summed E-state index contributed by atoms with van der Waals surface area (Å²) in [7, 11) is 0. The molecule has 0 fully saturated rings. The minimum atomic E-state index is -0.480. The van der Waals surface area contributed by atoms with E-state index in [4.69, 9.17) is 15.3 Å². The molecule has 2 aromatic carbocycles. The molecule has 0 radical (unpaired) electrons. The van der Waals surface area contributed by atoms with Crippen LogP contribution in [0.1, 0.15) is 27.0 Å². The van der Waals surface area contributed by atoms with Gasteiger partial charge in [-0.3, -0.25) is 0 Å². The van der Waals surface area contributed by atoms with Crippen LogP contribution in [0.25, 0.3) is 0 Å². The highest BCUT2D eigenvalue weighted by molar-refractivity contribution is 5.89. The van der Waals surface area contributed by atoms with Crippen LogP contribution < -0.4 is 0 Å². The van der Waals surface area contributed by atoms with E-state index in [-0.39, 0.29) is 6.61 Å².